The summed E-state index contributed by atoms with van der Waals surface area (Å²) in [5, 5.41) is 0.732. The number of hydrogen-bond donors (Lipinski definition) is 0. The van der Waals surface area contributed by atoms with Gasteiger partial charge in [0, 0.05) is 29.9 Å². The Hall–Kier alpha value is -0.540. The molecule has 0 aliphatic carbocycles. The van der Waals surface area contributed by atoms with E-state index in [0.717, 1.165) is 28.3 Å². The number of Topliss-reactive ketones (excluding diaryl/α,β-unsaturated/α-hetero) is 1. The van der Waals surface area contributed by atoms with Crippen molar-refractivity contribution in [2.24, 2.45) is 5.92 Å². The average molecular weight is 303 g/mol. The second-order valence-corrected chi connectivity index (χ2v) is 5.48. The van der Waals surface area contributed by atoms with Crippen LogP contribution in [0.25, 0.3) is 0 Å². The van der Waals surface area contributed by atoms with E-state index < -0.39 is 0 Å². The zero-order valence-electron chi connectivity index (χ0n) is 9.04. The molecule has 0 amide bonds. The highest BCUT2D eigenvalue weighted by molar-refractivity contribution is 9.10. The summed E-state index contributed by atoms with van der Waals surface area (Å²) in [6, 6.07) is 5.86. The normalized spacial score (nSPS) is 21.3. The summed E-state index contributed by atoms with van der Waals surface area (Å²) < 4.78 is 0.974. The Morgan fingerprint density at radius 1 is 1.50 bits per heavy atom. The van der Waals surface area contributed by atoms with Crippen LogP contribution in [0.1, 0.15) is 13.3 Å². The van der Waals surface area contributed by atoms with Crippen molar-refractivity contribution in [3.63, 3.8) is 0 Å². The summed E-state index contributed by atoms with van der Waals surface area (Å²) in [7, 11) is 0. The van der Waals surface area contributed by atoms with Crippen LogP contribution in [-0.4, -0.2) is 18.9 Å². The highest BCUT2D eigenvalue weighted by Crippen LogP contribution is 2.31. The molecule has 0 radical (unpaired) electrons. The fraction of sp³-hybridized carbons (Fsp3) is 0.417. The van der Waals surface area contributed by atoms with Gasteiger partial charge in [0.1, 0.15) is 5.78 Å². The van der Waals surface area contributed by atoms with Gasteiger partial charge in [-0.05, 0) is 18.2 Å². The number of anilines is 1. The summed E-state index contributed by atoms with van der Waals surface area (Å²) >= 11 is 9.57. The molecule has 16 heavy (non-hydrogen) atoms. The summed E-state index contributed by atoms with van der Waals surface area (Å²) in [5.41, 5.74) is 1.02. The SMILES string of the molecule is CC1CN(c2ccc(Br)cc2Cl)CCC1=O. The largest absolute Gasteiger partial charge is 0.369 e. The fourth-order valence-corrected chi connectivity index (χ4v) is 2.76. The third-order valence-corrected chi connectivity index (χ3v) is 3.72. The Kier molecular flexibility index (Phi) is 3.55. The summed E-state index contributed by atoms with van der Waals surface area (Å²) in [4.78, 5) is 13.6. The number of benzene rings is 1. The maximum Gasteiger partial charge on any atom is 0.139 e. The number of halogens is 2. The lowest BCUT2D eigenvalue weighted by Crippen LogP contribution is -2.39. The Morgan fingerprint density at radius 2 is 2.25 bits per heavy atom. The number of nitrogens with zero attached hydrogens (tertiary/aromatic N) is 1. The van der Waals surface area contributed by atoms with Crippen molar-refractivity contribution in [2.75, 3.05) is 18.0 Å². The molecule has 86 valence electrons. The van der Waals surface area contributed by atoms with E-state index in [1.165, 1.54) is 0 Å². The lowest BCUT2D eigenvalue weighted by molar-refractivity contribution is -0.122. The molecule has 1 aromatic rings. The van der Waals surface area contributed by atoms with Gasteiger partial charge >= 0.3 is 0 Å². The van der Waals surface area contributed by atoms with Crippen LogP contribution in [0.2, 0.25) is 5.02 Å². The lowest BCUT2D eigenvalue weighted by Gasteiger charge is -2.32. The Bertz CT molecular complexity index is 421. The molecule has 1 aliphatic heterocycles. The second-order valence-electron chi connectivity index (χ2n) is 4.16. The standard InChI is InChI=1S/C12H13BrClNO/c1-8-7-15(5-4-12(8)16)11-3-2-9(13)6-10(11)14/h2-3,6,8H,4-5,7H2,1H3. The molecule has 1 heterocycles. The number of hydrogen-bond acceptors (Lipinski definition) is 2. The second kappa shape index (κ2) is 4.76. The predicted molar refractivity (Wildman–Crippen MR) is 70.2 cm³/mol. The zero-order chi connectivity index (χ0) is 11.7. The monoisotopic (exact) mass is 301 g/mol. The zero-order valence-corrected chi connectivity index (χ0v) is 11.4. The average Bonchev–Trinajstić information content (AvgIpc) is 2.22. The lowest BCUT2D eigenvalue weighted by atomic mass is 9.98. The molecular formula is C12H13BrClNO. The van der Waals surface area contributed by atoms with Gasteiger partial charge in [-0.2, -0.15) is 0 Å². The van der Waals surface area contributed by atoms with Crippen molar-refractivity contribution in [3.05, 3.63) is 27.7 Å². The number of ketones is 1. The fourth-order valence-electron chi connectivity index (χ4n) is 1.97. The highest BCUT2D eigenvalue weighted by Gasteiger charge is 2.24. The molecular weight excluding hydrogens is 289 g/mol. The number of carbonyl (C=O) groups is 1. The van der Waals surface area contributed by atoms with E-state index in [2.05, 4.69) is 20.8 Å². The van der Waals surface area contributed by atoms with Crippen molar-refractivity contribution >= 4 is 39.0 Å². The van der Waals surface area contributed by atoms with Gasteiger partial charge in [0.15, 0.2) is 0 Å². The third kappa shape index (κ3) is 2.41. The molecule has 0 saturated carbocycles. The van der Waals surface area contributed by atoms with Gasteiger partial charge in [-0.25, -0.2) is 0 Å². The van der Waals surface area contributed by atoms with E-state index in [1.54, 1.807) is 0 Å². The van der Waals surface area contributed by atoms with E-state index >= 15 is 0 Å². The minimum atomic E-state index is 0.105. The first kappa shape index (κ1) is 11.9. The minimum Gasteiger partial charge on any atom is -0.369 e. The van der Waals surface area contributed by atoms with Gasteiger partial charge < -0.3 is 4.90 Å². The molecule has 0 aromatic heterocycles. The Balaban J connectivity index is 2.21. The molecule has 0 N–H and O–H groups in total. The number of carbonyl (C=O) groups excluding carboxylic acids is 1. The first-order valence-corrected chi connectivity index (χ1v) is 6.47. The molecule has 1 unspecified atom stereocenters. The smallest absolute Gasteiger partial charge is 0.139 e. The summed E-state index contributed by atoms with van der Waals surface area (Å²) in [6.45, 7) is 3.51. The third-order valence-electron chi connectivity index (χ3n) is 2.92. The molecule has 4 heteroatoms. The van der Waals surface area contributed by atoms with E-state index in [4.69, 9.17) is 11.6 Å². The Labute approximate surface area is 109 Å². The van der Waals surface area contributed by atoms with E-state index in [9.17, 15) is 4.79 Å². The molecule has 1 fully saturated rings. The molecule has 0 bridgehead atoms. The van der Waals surface area contributed by atoms with Crippen LogP contribution in [0.3, 0.4) is 0 Å². The molecule has 1 atom stereocenters. The molecule has 1 aromatic carbocycles. The van der Waals surface area contributed by atoms with Crippen LogP contribution >= 0.6 is 27.5 Å². The van der Waals surface area contributed by atoms with E-state index in [0.29, 0.717) is 12.2 Å². The quantitative estimate of drug-likeness (QED) is 0.791. The molecule has 0 spiro atoms. The van der Waals surface area contributed by atoms with Gasteiger partial charge in [0.25, 0.3) is 0 Å². The maximum absolute atomic E-state index is 11.4. The topological polar surface area (TPSA) is 20.3 Å². The van der Waals surface area contributed by atoms with Gasteiger partial charge in [-0.1, -0.05) is 34.5 Å². The van der Waals surface area contributed by atoms with E-state index in [-0.39, 0.29) is 5.92 Å². The van der Waals surface area contributed by atoms with Crippen molar-refractivity contribution in [1.82, 2.24) is 0 Å². The van der Waals surface area contributed by atoms with Crippen LogP contribution in [-0.2, 0) is 4.79 Å². The first-order chi connectivity index (χ1) is 7.58. The van der Waals surface area contributed by atoms with Gasteiger partial charge in [-0.3, -0.25) is 4.79 Å². The van der Waals surface area contributed by atoms with Crippen LogP contribution < -0.4 is 4.90 Å². The summed E-state index contributed by atoms with van der Waals surface area (Å²) in [5.74, 6) is 0.456. The Morgan fingerprint density at radius 3 is 2.88 bits per heavy atom. The van der Waals surface area contributed by atoms with E-state index in [1.807, 2.05) is 25.1 Å². The van der Waals surface area contributed by atoms with Crippen molar-refractivity contribution in [2.45, 2.75) is 13.3 Å². The van der Waals surface area contributed by atoms with Crippen molar-refractivity contribution < 1.29 is 4.79 Å². The van der Waals surface area contributed by atoms with Gasteiger partial charge in [-0.15, -0.1) is 0 Å². The molecule has 1 aliphatic rings. The molecule has 2 nitrogen and oxygen atoms in total. The van der Waals surface area contributed by atoms with Crippen LogP contribution in [0, 0.1) is 5.92 Å². The minimum absolute atomic E-state index is 0.105. The van der Waals surface area contributed by atoms with Crippen molar-refractivity contribution in [1.29, 1.82) is 0 Å². The number of rotatable bonds is 1. The maximum atomic E-state index is 11.4. The van der Waals surface area contributed by atoms with Crippen LogP contribution in [0.4, 0.5) is 5.69 Å². The highest BCUT2D eigenvalue weighted by atomic mass is 79.9. The first-order valence-electron chi connectivity index (χ1n) is 5.30. The van der Waals surface area contributed by atoms with Gasteiger partial charge in [0.2, 0.25) is 0 Å². The van der Waals surface area contributed by atoms with Gasteiger partial charge in [0.05, 0.1) is 10.7 Å². The van der Waals surface area contributed by atoms with Crippen LogP contribution in [0.5, 0.6) is 0 Å². The van der Waals surface area contributed by atoms with Crippen LogP contribution in [0.15, 0.2) is 22.7 Å². The molecule has 1 saturated heterocycles. The predicted octanol–water partition coefficient (Wildman–Crippen LogP) is 3.52. The van der Waals surface area contributed by atoms with Crippen molar-refractivity contribution in [3.8, 4) is 0 Å². The number of piperidine rings is 1. The summed E-state index contributed by atoms with van der Waals surface area (Å²) in [6.07, 6.45) is 0.619. The molecule has 2 rings (SSSR count).